The Bertz CT molecular complexity index is 1090. The van der Waals surface area contributed by atoms with Crippen molar-refractivity contribution in [2.75, 3.05) is 11.1 Å². The van der Waals surface area contributed by atoms with Crippen LogP contribution in [0.3, 0.4) is 0 Å². The smallest absolute Gasteiger partial charge is 0.270 e. The second kappa shape index (κ2) is 9.02. The first kappa shape index (κ1) is 19.4. The summed E-state index contributed by atoms with van der Waals surface area (Å²) in [4.78, 5) is 31.5. The molecule has 0 aliphatic heterocycles. The van der Waals surface area contributed by atoms with E-state index in [9.17, 15) is 14.9 Å². The van der Waals surface area contributed by atoms with Crippen LogP contribution in [-0.2, 0) is 11.2 Å². The fraction of sp³-hybridized carbons (Fsp3) is 0.143. The van der Waals surface area contributed by atoms with E-state index in [1.54, 1.807) is 12.1 Å². The third-order valence-corrected chi connectivity index (χ3v) is 4.94. The number of nitriles is 1. The molecule has 0 saturated heterocycles. The lowest BCUT2D eigenvalue weighted by atomic mass is 10.1. The van der Waals surface area contributed by atoms with E-state index in [4.69, 9.17) is 0 Å². The van der Waals surface area contributed by atoms with Gasteiger partial charge in [-0.05, 0) is 18.1 Å². The number of carbonyl (C=O) groups is 1. The zero-order valence-corrected chi connectivity index (χ0v) is 16.0. The molecule has 0 aliphatic rings. The van der Waals surface area contributed by atoms with Gasteiger partial charge in [-0.15, -0.1) is 0 Å². The number of nitrogens with one attached hydrogen (secondary N) is 2. The molecule has 7 heteroatoms. The van der Waals surface area contributed by atoms with Gasteiger partial charge in [0, 0.05) is 11.3 Å². The Balaban J connectivity index is 1.78. The summed E-state index contributed by atoms with van der Waals surface area (Å²) in [5.74, 6) is -0.111. The van der Waals surface area contributed by atoms with Crippen LogP contribution in [0.5, 0.6) is 0 Å². The van der Waals surface area contributed by atoms with Crippen molar-refractivity contribution in [1.82, 2.24) is 9.97 Å². The number of benzene rings is 2. The lowest BCUT2D eigenvalue weighted by Crippen LogP contribution is -2.18. The second-order valence-corrected chi connectivity index (χ2v) is 6.88. The number of hydrogen-bond acceptors (Lipinski definition) is 5. The lowest BCUT2D eigenvalue weighted by molar-refractivity contribution is -0.113. The number of rotatable bonds is 6. The van der Waals surface area contributed by atoms with E-state index in [-0.39, 0.29) is 17.2 Å². The topological polar surface area (TPSA) is 98.6 Å². The second-order valence-electron chi connectivity index (χ2n) is 5.92. The van der Waals surface area contributed by atoms with Crippen molar-refractivity contribution in [1.29, 1.82) is 5.26 Å². The molecule has 0 spiro atoms. The predicted molar refractivity (Wildman–Crippen MR) is 110 cm³/mol. The molecule has 0 bridgehead atoms. The van der Waals surface area contributed by atoms with Gasteiger partial charge in [0.25, 0.3) is 5.56 Å². The number of thioether (sulfide) groups is 1. The molecule has 0 unspecified atom stereocenters. The van der Waals surface area contributed by atoms with Crippen molar-refractivity contribution in [3.63, 3.8) is 0 Å². The molecular formula is C21H18N4O2S. The Labute approximate surface area is 166 Å². The summed E-state index contributed by atoms with van der Waals surface area (Å²) in [5.41, 5.74) is 2.26. The first-order chi connectivity index (χ1) is 13.6. The van der Waals surface area contributed by atoms with Crippen molar-refractivity contribution in [2.24, 2.45) is 0 Å². The third-order valence-electron chi connectivity index (χ3n) is 4.07. The summed E-state index contributed by atoms with van der Waals surface area (Å²) in [6.45, 7) is 2.02. The van der Waals surface area contributed by atoms with E-state index >= 15 is 0 Å². The molecule has 1 aromatic heterocycles. The molecule has 2 aromatic carbocycles. The number of para-hydroxylation sites is 1. The fourth-order valence-corrected chi connectivity index (χ4v) is 3.36. The van der Waals surface area contributed by atoms with Gasteiger partial charge in [0.1, 0.15) is 11.6 Å². The normalized spacial score (nSPS) is 10.3. The number of carbonyl (C=O) groups excluding carboxylic acids is 1. The van der Waals surface area contributed by atoms with Crippen LogP contribution in [-0.4, -0.2) is 21.6 Å². The van der Waals surface area contributed by atoms with Gasteiger partial charge in [0.2, 0.25) is 5.91 Å². The average molecular weight is 390 g/mol. The van der Waals surface area contributed by atoms with Gasteiger partial charge in [0.15, 0.2) is 5.16 Å². The Morgan fingerprint density at radius 1 is 1.18 bits per heavy atom. The van der Waals surface area contributed by atoms with Crippen LogP contribution >= 0.6 is 11.8 Å². The van der Waals surface area contributed by atoms with Gasteiger partial charge >= 0.3 is 0 Å². The Morgan fingerprint density at radius 2 is 1.89 bits per heavy atom. The first-order valence-corrected chi connectivity index (χ1v) is 9.71. The number of aromatic amines is 1. The van der Waals surface area contributed by atoms with E-state index in [1.165, 1.54) is 0 Å². The highest BCUT2D eigenvalue weighted by Crippen LogP contribution is 2.22. The maximum absolute atomic E-state index is 12.3. The van der Waals surface area contributed by atoms with Crippen molar-refractivity contribution >= 4 is 23.4 Å². The van der Waals surface area contributed by atoms with Gasteiger partial charge in [-0.1, -0.05) is 67.2 Å². The van der Waals surface area contributed by atoms with Gasteiger partial charge in [-0.2, -0.15) is 5.26 Å². The van der Waals surface area contributed by atoms with Gasteiger partial charge in [-0.25, -0.2) is 4.98 Å². The van der Waals surface area contributed by atoms with E-state index in [0.717, 1.165) is 29.4 Å². The van der Waals surface area contributed by atoms with E-state index in [0.29, 0.717) is 16.4 Å². The van der Waals surface area contributed by atoms with Crippen LogP contribution in [0.2, 0.25) is 0 Å². The zero-order chi connectivity index (χ0) is 19.9. The molecule has 0 atom stereocenters. The molecule has 140 valence electrons. The first-order valence-electron chi connectivity index (χ1n) is 8.72. The van der Waals surface area contributed by atoms with Crippen molar-refractivity contribution in [2.45, 2.75) is 18.5 Å². The molecule has 1 heterocycles. The highest BCUT2D eigenvalue weighted by atomic mass is 32.2. The number of amides is 1. The summed E-state index contributed by atoms with van der Waals surface area (Å²) in [6.07, 6.45) is 0.814. The summed E-state index contributed by atoms with van der Waals surface area (Å²) in [7, 11) is 0. The molecule has 0 aliphatic carbocycles. The molecular weight excluding hydrogens is 372 g/mol. The SMILES string of the molecule is CCc1ccccc1NC(=O)CSc1nc(-c2ccccc2)c(C#N)c(=O)[nH]1. The predicted octanol–water partition coefficient (Wildman–Crippen LogP) is 3.60. The third kappa shape index (κ3) is 4.48. The Hall–Kier alpha value is -3.37. The summed E-state index contributed by atoms with van der Waals surface area (Å²) in [5, 5.41) is 12.5. The highest BCUT2D eigenvalue weighted by Gasteiger charge is 2.14. The van der Waals surface area contributed by atoms with Crippen molar-refractivity contribution in [3.05, 3.63) is 76.1 Å². The lowest BCUT2D eigenvalue weighted by Gasteiger charge is -2.10. The van der Waals surface area contributed by atoms with Crippen LogP contribution in [0.4, 0.5) is 5.69 Å². The molecule has 3 rings (SSSR count). The average Bonchev–Trinajstić information content (AvgIpc) is 2.73. The number of H-pyrrole nitrogens is 1. The minimum Gasteiger partial charge on any atom is -0.325 e. The number of nitrogens with zero attached hydrogens (tertiary/aromatic N) is 2. The van der Waals surface area contributed by atoms with E-state index in [1.807, 2.05) is 55.5 Å². The van der Waals surface area contributed by atoms with Crippen LogP contribution in [0.1, 0.15) is 18.1 Å². The maximum Gasteiger partial charge on any atom is 0.270 e. The molecule has 1 amide bonds. The van der Waals surface area contributed by atoms with Crippen LogP contribution in [0.15, 0.2) is 64.5 Å². The minimum absolute atomic E-state index is 0.0446. The van der Waals surface area contributed by atoms with Gasteiger partial charge in [-0.3, -0.25) is 9.59 Å². The van der Waals surface area contributed by atoms with Crippen LogP contribution in [0.25, 0.3) is 11.3 Å². The molecule has 0 fully saturated rings. The molecule has 2 N–H and O–H groups in total. The molecule has 0 radical (unpaired) electrons. The molecule has 6 nitrogen and oxygen atoms in total. The maximum atomic E-state index is 12.3. The number of anilines is 1. The van der Waals surface area contributed by atoms with Crippen LogP contribution < -0.4 is 10.9 Å². The minimum atomic E-state index is -0.518. The number of aryl methyl sites for hydroxylation is 1. The fourth-order valence-electron chi connectivity index (χ4n) is 2.70. The summed E-state index contributed by atoms with van der Waals surface area (Å²) < 4.78 is 0. The molecule has 3 aromatic rings. The number of hydrogen-bond donors (Lipinski definition) is 2. The quantitative estimate of drug-likeness (QED) is 0.495. The highest BCUT2D eigenvalue weighted by molar-refractivity contribution is 7.99. The van der Waals surface area contributed by atoms with Crippen molar-refractivity contribution < 1.29 is 4.79 Å². The van der Waals surface area contributed by atoms with Crippen molar-refractivity contribution in [3.8, 4) is 17.3 Å². The van der Waals surface area contributed by atoms with Crippen LogP contribution in [0, 0.1) is 11.3 Å². The number of aromatic nitrogens is 2. The van der Waals surface area contributed by atoms with Gasteiger partial charge < -0.3 is 10.3 Å². The largest absolute Gasteiger partial charge is 0.325 e. The zero-order valence-electron chi connectivity index (χ0n) is 15.2. The molecule has 0 saturated carbocycles. The Kier molecular flexibility index (Phi) is 6.25. The monoisotopic (exact) mass is 390 g/mol. The summed E-state index contributed by atoms with van der Waals surface area (Å²) in [6, 6.07) is 18.6. The molecule has 28 heavy (non-hydrogen) atoms. The standard InChI is InChI=1S/C21H18N4O2S/c1-2-14-8-6-7-11-17(14)23-18(26)13-28-21-24-19(15-9-4-3-5-10-15)16(12-22)20(27)25-21/h3-11H,2,13H2,1H3,(H,23,26)(H,24,25,27). The van der Waals surface area contributed by atoms with E-state index in [2.05, 4.69) is 15.3 Å². The summed E-state index contributed by atoms with van der Waals surface area (Å²) >= 11 is 1.12. The van der Waals surface area contributed by atoms with E-state index < -0.39 is 5.56 Å². The van der Waals surface area contributed by atoms with Gasteiger partial charge in [0.05, 0.1) is 11.4 Å². The Morgan fingerprint density at radius 3 is 2.61 bits per heavy atom.